The van der Waals surface area contributed by atoms with E-state index in [0.717, 1.165) is 18.5 Å². The highest BCUT2D eigenvalue weighted by Crippen LogP contribution is 2.15. The zero-order chi connectivity index (χ0) is 18.2. The Morgan fingerprint density at radius 3 is 2.40 bits per heavy atom. The standard InChI is InChI=1S/C19H21FN2O2S/c1-3-4-11-24-18(23)14-5-7-15(8-6-14)21-19(25)22-16-9-10-17(20)13(2)12-16/h5-10,12H,3-4,11H2,1-2H3,(H2,21,22,25). The van der Waals surface area contributed by atoms with E-state index in [1.54, 1.807) is 43.3 Å². The molecule has 4 nitrogen and oxygen atoms in total. The number of halogens is 1. The Bertz CT molecular complexity index is 748. The van der Waals surface area contributed by atoms with Gasteiger partial charge in [-0.15, -0.1) is 0 Å². The summed E-state index contributed by atoms with van der Waals surface area (Å²) in [6.45, 7) is 4.16. The number of hydrogen-bond acceptors (Lipinski definition) is 3. The van der Waals surface area contributed by atoms with Crippen LogP contribution >= 0.6 is 12.2 Å². The fourth-order valence-electron chi connectivity index (χ4n) is 2.10. The van der Waals surface area contributed by atoms with Gasteiger partial charge in [-0.25, -0.2) is 9.18 Å². The van der Waals surface area contributed by atoms with Crippen LogP contribution in [0.2, 0.25) is 0 Å². The molecule has 0 aliphatic carbocycles. The van der Waals surface area contributed by atoms with Crippen molar-refractivity contribution in [3.05, 3.63) is 59.4 Å². The number of ether oxygens (including phenoxy) is 1. The van der Waals surface area contributed by atoms with Gasteiger partial charge in [-0.05, 0) is 73.6 Å². The zero-order valence-electron chi connectivity index (χ0n) is 14.3. The molecule has 0 bridgehead atoms. The van der Waals surface area contributed by atoms with Gasteiger partial charge in [0.2, 0.25) is 0 Å². The molecule has 0 atom stereocenters. The number of hydrogen-bond donors (Lipinski definition) is 2. The summed E-state index contributed by atoms with van der Waals surface area (Å²) in [6, 6.07) is 11.5. The summed E-state index contributed by atoms with van der Waals surface area (Å²) in [5.41, 5.74) is 2.47. The van der Waals surface area contributed by atoms with Gasteiger partial charge in [0.25, 0.3) is 0 Å². The molecular formula is C19H21FN2O2S. The Balaban J connectivity index is 1.90. The van der Waals surface area contributed by atoms with Crippen LogP contribution in [-0.4, -0.2) is 17.7 Å². The number of unbranched alkanes of at least 4 members (excludes halogenated alkanes) is 1. The summed E-state index contributed by atoms with van der Waals surface area (Å²) in [6.07, 6.45) is 1.84. The molecule has 2 N–H and O–H groups in total. The Hall–Kier alpha value is -2.47. The first-order chi connectivity index (χ1) is 12.0. The quantitative estimate of drug-likeness (QED) is 0.436. The summed E-state index contributed by atoms with van der Waals surface area (Å²) in [5, 5.41) is 6.39. The van der Waals surface area contributed by atoms with Crippen molar-refractivity contribution in [1.82, 2.24) is 0 Å². The third kappa shape index (κ3) is 5.83. The SMILES string of the molecule is CCCCOC(=O)c1ccc(NC(=S)Nc2ccc(F)c(C)c2)cc1. The Kier molecular flexibility index (Phi) is 6.89. The van der Waals surface area contributed by atoms with E-state index in [4.69, 9.17) is 17.0 Å². The largest absolute Gasteiger partial charge is 0.462 e. The molecule has 0 spiro atoms. The van der Waals surface area contributed by atoms with E-state index in [1.807, 2.05) is 6.92 Å². The molecule has 0 aromatic heterocycles. The number of aryl methyl sites for hydroxylation is 1. The third-order valence-electron chi connectivity index (χ3n) is 3.53. The molecule has 2 aromatic carbocycles. The first kappa shape index (κ1) is 18.9. The maximum absolute atomic E-state index is 13.3. The maximum atomic E-state index is 13.3. The summed E-state index contributed by atoms with van der Waals surface area (Å²) in [5.74, 6) is -0.590. The van der Waals surface area contributed by atoms with Gasteiger partial charge in [-0.1, -0.05) is 13.3 Å². The van der Waals surface area contributed by atoms with Gasteiger partial charge < -0.3 is 15.4 Å². The van der Waals surface area contributed by atoms with Gasteiger partial charge in [0, 0.05) is 11.4 Å². The van der Waals surface area contributed by atoms with Crippen molar-refractivity contribution in [1.29, 1.82) is 0 Å². The van der Waals surface area contributed by atoms with Crippen molar-refractivity contribution < 1.29 is 13.9 Å². The normalized spacial score (nSPS) is 10.2. The first-order valence-corrected chi connectivity index (χ1v) is 8.51. The third-order valence-corrected chi connectivity index (χ3v) is 3.73. The number of benzene rings is 2. The van der Waals surface area contributed by atoms with Crippen molar-refractivity contribution >= 4 is 34.7 Å². The number of carbonyl (C=O) groups is 1. The lowest BCUT2D eigenvalue weighted by atomic mass is 10.2. The second-order valence-electron chi connectivity index (χ2n) is 5.61. The number of rotatable bonds is 6. The highest BCUT2D eigenvalue weighted by Gasteiger charge is 2.07. The van der Waals surface area contributed by atoms with Crippen molar-refractivity contribution in [2.24, 2.45) is 0 Å². The molecule has 2 aromatic rings. The summed E-state index contributed by atoms with van der Waals surface area (Å²) < 4.78 is 18.4. The van der Waals surface area contributed by atoms with Crippen LogP contribution in [0.1, 0.15) is 35.7 Å². The van der Waals surface area contributed by atoms with Crippen molar-refractivity contribution in [3.63, 3.8) is 0 Å². The van der Waals surface area contributed by atoms with Crippen LogP contribution in [0.5, 0.6) is 0 Å². The van der Waals surface area contributed by atoms with Crippen molar-refractivity contribution in [2.75, 3.05) is 17.2 Å². The average molecular weight is 360 g/mol. The summed E-state index contributed by atoms with van der Waals surface area (Å²) in [4.78, 5) is 11.8. The number of esters is 1. The highest BCUT2D eigenvalue weighted by molar-refractivity contribution is 7.80. The molecule has 25 heavy (non-hydrogen) atoms. The molecule has 6 heteroatoms. The fourth-order valence-corrected chi connectivity index (χ4v) is 2.33. The van der Waals surface area contributed by atoms with Gasteiger partial charge in [-0.3, -0.25) is 0 Å². The minimum atomic E-state index is -0.331. The van der Waals surface area contributed by atoms with Crippen LogP contribution in [0, 0.1) is 12.7 Å². The minimum Gasteiger partial charge on any atom is -0.462 e. The summed E-state index contributed by atoms with van der Waals surface area (Å²) in [7, 11) is 0. The second kappa shape index (κ2) is 9.13. The lowest BCUT2D eigenvalue weighted by molar-refractivity contribution is 0.0500. The second-order valence-corrected chi connectivity index (χ2v) is 6.02. The van der Waals surface area contributed by atoms with Crippen LogP contribution in [0.3, 0.4) is 0 Å². The Labute approximate surface area is 152 Å². The van der Waals surface area contributed by atoms with Crippen LogP contribution in [0.25, 0.3) is 0 Å². The molecule has 0 radical (unpaired) electrons. The predicted molar refractivity (Wildman–Crippen MR) is 103 cm³/mol. The molecular weight excluding hydrogens is 339 g/mol. The van der Waals surface area contributed by atoms with E-state index >= 15 is 0 Å². The molecule has 0 fully saturated rings. The number of thiocarbonyl (C=S) groups is 1. The van der Waals surface area contributed by atoms with E-state index in [0.29, 0.717) is 28.5 Å². The van der Waals surface area contributed by atoms with Crippen LogP contribution in [0.4, 0.5) is 15.8 Å². The minimum absolute atomic E-state index is 0.258. The van der Waals surface area contributed by atoms with Gasteiger partial charge >= 0.3 is 5.97 Å². The summed E-state index contributed by atoms with van der Waals surface area (Å²) >= 11 is 5.24. The zero-order valence-corrected chi connectivity index (χ0v) is 15.1. The molecule has 132 valence electrons. The van der Waals surface area contributed by atoms with E-state index in [2.05, 4.69) is 10.6 Å². The number of anilines is 2. The van der Waals surface area contributed by atoms with Crippen LogP contribution in [-0.2, 0) is 4.74 Å². The Morgan fingerprint density at radius 2 is 1.76 bits per heavy atom. The highest BCUT2D eigenvalue weighted by atomic mass is 32.1. The van der Waals surface area contributed by atoms with Crippen LogP contribution < -0.4 is 10.6 Å². The van der Waals surface area contributed by atoms with E-state index in [1.165, 1.54) is 6.07 Å². The average Bonchev–Trinajstić information content (AvgIpc) is 2.59. The molecule has 0 heterocycles. The van der Waals surface area contributed by atoms with Gasteiger partial charge in [0.15, 0.2) is 5.11 Å². The molecule has 0 aliphatic rings. The van der Waals surface area contributed by atoms with Gasteiger partial charge in [-0.2, -0.15) is 0 Å². The topological polar surface area (TPSA) is 50.4 Å². The lowest BCUT2D eigenvalue weighted by Gasteiger charge is -2.11. The van der Waals surface area contributed by atoms with Crippen molar-refractivity contribution in [2.45, 2.75) is 26.7 Å². The van der Waals surface area contributed by atoms with Crippen LogP contribution in [0.15, 0.2) is 42.5 Å². The Morgan fingerprint density at radius 1 is 1.12 bits per heavy atom. The molecule has 0 saturated carbocycles. The van der Waals surface area contributed by atoms with Crippen molar-refractivity contribution in [3.8, 4) is 0 Å². The predicted octanol–water partition coefficient (Wildman–Crippen LogP) is 4.90. The smallest absolute Gasteiger partial charge is 0.338 e. The molecule has 0 saturated heterocycles. The molecule has 2 rings (SSSR count). The van der Waals surface area contributed by atoms with Gasteiger partial charge in [0.05, 0.1) is 12.2 Å². The molecule has 0 aliphatic heterocycles. The number of carbonyl (C=O) groups excluding carboxylic acids is 1. The van der Waals surface area contributed by atoms with E-state index in [-0.39, 0.29) is 11.8 Å². The first-order valence-electron chi connectivity index (χ1n) is 8.11. The number of nitrogens with one attached hydrogen (secondary N) is 2. The van der Waals surface area contributed by atoms with E-state index in [9.17, 15) is 9.18 Å². The van der Waals surface area contributed by atoms with E-state index < -0.39 is 0 Å². The molecule has 0 amide bonds. The monoisotopic (exact) mass is 360 g/mol. The molecule has 0 unspecified atom stereocenters. The fraction of sp³-hybridized carbons (Fsp3) is 0.263. The maximum Gasteiger partial charge on any atom is 0.338 e. The lowest BCUT2D eigenvalue weighted by Crippen LogP contribution is -2.19. The van der Waals surface area contributed by atoms with Gasteiger partial charge in [0.1, 0.15) is 5.82 Å².